The molecule has 0 saturated carbocycles. The van der Waals surface area contributed by atoms with E-state index in [1.165, 1.54) is 11.8 Å². The Balaban J connectivity index is 1.66. The predicted molar refractivity (Wildman–Crippen MR) is 106 cm³/mol. The van der Waals surface area contributed by atoms with E-state index in [2.05, 4.69) is 32.9 Å². The number of hydrogen-bond acceptors (Lipinski definition) is 5. The van der Waals surface area contributed by atoms with E-state index in [9.17, 15) is 4.79 Å². The number of carbonyl (C=O) groups excluding carboxylic acids is 1. The molecule has 0 bridgehead atoms. The van der Waals surface area contributed by atoms with Crippen molar-refractivity contribution in [1.29, 1.82) is 0 Å². The van der Waals surface area contributed by atoms with Gasteiger partial charge in [-0.05, 0) is 19.1 Å². The summed E-state index contributed by atoms with van der Waals surface area (Å²) in [6, 6.07) is 7.32. The second-order valence-electron chi connectivity index (χ2n) is 5.60. The van der Waals surface area contributed by atoms with Crippen LogP contribution >= 0.6 is 11.3 Å². The molecule has 0 aliphatic carbocycles. The van der Waals surface area contributed by atoms with Crippen molar-refractivity contribution in [2.24, 2.45) is 4.99 Å². The lowest BCUT2D eigenvalue weighted by Gasteiger charge is -2.12. The molecule has 7 nitrogen and oxygen atoms in total. The molecule has 0 saturated heterocycles. The van der Waals surface area contributed by atoms with Crippen molar-refractivity contribution in [1.82, 2.24) is 15.6 Å². The monoisotopic (exact) mass is 375 g/mol. The van der Waals surface area contributed by atoms with E-state index in [-0.39, 0.29) is 5.91 Å². The number of anilines is 1. The zero-order valence-corrected chi connectivity index (χ0v) is 16.2. The summed E-state index contributed by atoms with van der Waals surface area (Å²) in [6.07, 6.45) is 2.76. The zero-order chi connectivity index (χ0) is 18.8. The van der Waals surface area contributed by atoms with Crippen molar-refractivity contribution in [2.75, 3.05) is 32.1 Å². The number of aliphatic imine (C=N–C) groups is 1. The number of nitrogens with one attached hydrogen (secondary N) is 3. The van der Waals surface area contributed by atoms with Crippen molar-refractivity contribution in [3.8, 4) is 5.75 Å². The Hall–Kier alpha value is -2.61. The fourth-order valence-electron chi connectivity index (χ4n) is 2.23. The van der Waals surface area contributed by atoms with Gasteiger partial charge in [0.15, 0.2) is 5.96 Å². The standard InChI is InChI=1S/C18H25N5O2S/c1-13-12-22-17(26-13)7-8-20-18(19-3)21-9-10-25-16-6-4-5-15(11-16)23-14(2)24/h4-6,11-12H,7-10H2,1-3H3,(H,23,24)(H2,19,20,21). The molecule has 0 radical (unpaired) electrons. The molecule has 26 heavy (non-hydrogen) atoms. The van der Waals surface area contributed by atoms with Crippen molar-refractivity contribution in [2.45, 2.75) is 20.3 Å². The lowest BCUT2D eigenvalue weighted by atomic mass is 10.3. The summed E-state index contributed by atoms with van der Waals surface area (Å²) in [4.78, 5) is 20.8. The average molecular weight is 375 g/mol. The third-order valence-corrected chi connectivity index (χ3v) is 4.31. The maximum absolute atomic E-state index is 11.1. The van der Waals surface area contributed by atoms with Gasteiger partial charge in [0.25, 0.3) is 0 Å². The van der Waals surface area contributed by atoms with E-state index in [1.54, 1.807) is 24.5 Å². The van der Waals surface area contributed by atoms with Gasteiger partial charge in [-0.1, -0.05) is 6.07 Å². The Labute approximate surface area is 157 Å². The fourth-order valence-corrected chi connectivity index (χ4v) is 3.02. The molecule has 1 heterocycles. The first-order chi connectivity index (χ1) is 12.6. The van der Waals surface area contributed by atoms with Gasteiger partial charge in [0.05, 0.1) is 11.6 Å². The van der Waals surface area contributed by atoms with Gasteiger partial charge in [-0.3, -0.25) is 9.79 Å². The quantitative estimate of drug-likeness (QED) is 0.374. The minimum atomic E-state index is -0.105. The second kappa shape index (κ2) is 10.4. The molecule has 0 atom stereocenters. The van der Waals surface area contributed by atoms with E-state index < -0.39 is 0 Å². The van der Waals surface area contributed by atoms with Crippen molar-refractivity contribution in [3.05, 3.63) is 40.3 Å². The predicted octanol–water partition coefficient (Wildman–Crippen LogP) is 2.20. The molecule has 0 unspecified atom stereocenters. The minimum absolute atomic E-state index is 0.105. The van der Waals surface area contributed by atoms with Gasteiger partial charge in [0.1, 0.15) is 12.4 Å². The van der Waals surface area contributed by atoms with Crippen LogP contribution in [0.3, 0.4) is 0 Å². The lowest BCUT2D eigenvalue weighted by molar-refractivity contribution is -0.114. The summed E-state index contributed by atoms with van der Waals surface area (Å²) in [7, 11) is 1.74. The number of aromatic nitrogens is 1. The molecule has 8 heteroatoms. The van der Waals surface area contributed by atoms with E-state index in [1.807, 2.05) is 24.4 Å². The summed E-state index contributed by atoms with van der Waals surface area (Å²) >= 11 is 1.71. The maximum Gasteiger partial charge on any atom is 0.221 e. The van der Waals surface area contributed by atoms with Crippen LogP contribution in [0.2, 0.25) is 0 Å². The van der Waals surface area contributed by atoms with Crippen LogP contribution in [-0.2, 0) is 11.2 Å². The number of ether oxygens (including phenoxy) is 1. The molecule has 1 amide bonds. The van der Waals surface area contributed by atoms with Crippen molar-refractivity contribution >= 4 is 28.9 Å². The van der Waals surface area contributed by atoms with Gasteiger partial charge in [-0.2, -0.15) is 0 Å². The van der Waals surface area contributed by atoms with Crippen LogP contribution in [0.4, 0.5) is 5.69 Å². The van der Waals surface area contributed by atoms with E-state index in [0.717, 1.165) is 29.6 Å². The van der Waals surface area contributed by atoms with Gasteiger partial charge < -0.3 is 20.7 Å². The molecule has 0 fully saturated rings. The largest absolute Gasteiger partial charge is 0.492 e. The molecule has 0 spiro atoms. The number of guanidine groups is 1. The van der Waals surface area contributed by atoms with E-state index in [4.69, 9.17) is 4.74 Å². The Morgan fingerprint density at radius 1 is 1.31 bits per heavy atom. The van der Waals surface area contributed by atoms with Crippen LogP contribution in [0.5, 0.6) is 5.75 Å². The van der Waals surface area contributed by atoms with Crippen LogP contribution in [0, 0.1) is 6.92 Å². The zero-order valence-electron chi connectivity index (χ0n) is 15.3. The number of thiazole rings is 1. The molecular weight excluding hydrogens is 350 g/mol. The van der Waals surface area contributed by atoms with Gasteiger partial charge in [-0.15, -0.1) is 11.3 Å². The average Bonchev–Trinajstić information content (AvgIpc) is 3.02. The summed E-state index contributed by atoms with van der Waals surface area (Å²) in [6.45, 7) is 5.40. The van der Waals surface area contributed by atoms with Crippen LogP contribution in [0.15, 0.2) is 35.5 Å². The first-order valence-electron chi connectivity index (χ1n) is 8.43. The molecule has 3 N–H and O–H groups in total. The molecule has 0 aliphatic heterocycles. The van der Waals surface area contributed by atoms with Crippen LogP contribution < -0.4 is 20.7 Å². The number of nitrogens with zero attached hydrogens (tertiary/aromatic N) is 2. The van der Waals surface area contributed by atoms with E-state index >= 15 is 0 Å². The highest BCUT2D eigenvalue weighted by Crippen LogP contribution is 2.17. The molecular formula is C18H25N5O2S. The topological polar surface area (TPSA) is 87.6 Å². The summed E-state index contributed by atoms with van der Waals surface area (Å²) < 4.78 is 5.69. The number of aryl methyl sites for hydroxylation is 1. The summed E-state index contributed by atoms with van der Waals surface area (Å²) in [5, 5.41) is 10.3. The summed E-state index contributed by atoms with van der Waals surface area (Å²) in [5.41, 5.74) is 0.720. The van der Waals surface area contributed by atoms with Gasteiger partial charge in [0, 0.05) is 49.8 Å². The molecule has 2 aromatic rings. The van der Waals surface area contributed by atoms with Crippen molar-refractivity contribution < 1.29 is 9.53 Å². The van der Waals surface area contributed by atoms with Gasteiger partial charge in [0.2, 0.25) is 5.91 Å². The fraction of sp³-hybridized carbons (Fsp3) is 0.389. The van der Waals surface area contributed by atoms with Crippen LogP contribution in [-0.4, -0.2) is 43.6 Å². The normalized spacial score (nSPS) is 11.1. The van der Waals surface area contributed by atoms with E-state index in [0.29, 0.717) is 18.9 Å². The minimum Gasteiger partial charge on any atom is -0.492 e. The molecule has 140 valence electrons. The van der Waals surface area contributed by atoms with Crippen LogP contribution in [0.1, 0.15) is 16.8 Å². The number of amides is 1. The number of carbonyl (C=O) groups is 1. The SMILES string of the molecule is CN=C(NCCOc1cccc(NC(C)=O)c1)NCCc1ncc(C)s1. The Morgan fingerprint density at radius 2 is 2.12 bits per heavy atom. The third kappa shape index (κ3) is 7.10. The molecule has 0 aliphatic rings. The van der Waals surface area contributed by atoms with Crippen molar-refractivity contribution in [3.63, 3.8) is 0 Å². The number of benzene rings is 1. The van der Waals surface area contributed by atoms with Crippen LogP contribution in [0.25, 0.3) is 0 Å². The second-order valence-corrected chi connectivity index (χ2v) is 6.92. The Kier molecular flexibility index (Phi) is 7.88. The highest BCUT2D eigenvalue weighted by Gasteiger charge is 2.02. The highest BCUT2D eigenvalue weighted by atomic mass is 32.1. The molecule has 1 aromatic carbocycles. The molecule has 2 rings (SSSR count). The van der Waals surface area contributed by atoms with Gasteiger partial charge in [-0.25, -0.2) is 4.98 Å². The smallest absolute Gasteiger partial charge is 0.221 e. The number of hydrogen-bond donors (Lipinski definition) is 3. The third-order valence-electron chi connectivity index (χ3n) is 3.34. The Morgan fingerprint density at radius 3 is 2.81 bits per heavy atom. The Bertz CT molecular complexity index is 745. The maximum atomic E-state index is 11.1. The highest BCUT2D eigenvalue weighted by molar-refractivity contribution is 7.11. The first kappa shape index (κ1) is 19.7. The lowest BCUT2D eigenvalue weighted by Crippen LogP contribution is -2.40. The summed E-state index contributed by atoms with van der Waals surface area (Å²) in [5.74, 6) is 1.33. The number of rotatable bonds is 8. The van der Waals surface area contributed by atoms with Gasteiger partial charge >= 0.3 is 0 Å². The molecule has 1 aromatic heterocycles. The first-order valence-corrected chi connectivity index (χ1v) is 9.24.